The summed E-state index contributed by atoms with van der Waals surface area (Å²) in [6.07, 6.45) is -4.21. The molecule has 0 aliphatic carbocycles. The van der Waals surface area contributed by atoms with Gasteiger partial charge in [0.15, 0.2) is 5.60 Å². The van der Waals surface area contributed by atoms with E-state index in [1.54, 1.807) is 7.05 Å². The Morgan fingerprint density at radius 3 is 2.42 bits per heavy atom. The van der Waals surface area contributed by atoms with Crippen LogP contribution in [0, 0.1) is 0 Å². The van der Waals surface area contributed by atoms with Crippen molar-refractivity contribution in [3.05, 3.63) is 18.0 Å². The van der Waals surface area contributed by atoms with Gasteiger partial charge in [-0.2, -0.15) is 18.3 Å². The summed E-state index contributed by atoms with van der Waals surface area (Å²) in [4.78, 5) is 13.3. The molecular weight excluding hydrogens is 263 g/mol. The van der Waals surface area contributed by atoms with Crippen LogP contribution in [-0.2, 0) is 7.05 Å². The van der Waals surface area contributed by atoms with Gasteiger partial charge in [-0.1, -0.05) is 0 Å². The third-order valence-electron chi connectivity index (χ3n) is 3.45. The molecule has 0 unspecified atom stereocenters. The van der Waals surface area contributed by atoms with Crippen LogP contribution in [-0.4, -0.2) is 50.6 Å². The standard InChI is InChI=1S/C11H14F3N3O2/c1-16-8(2-5-15-16)9(18)17-6-3-10(19,4-7-17)11(12,13)14/h2,5,19H,3-4,6-7H2,1H3. The van der Waals surface area contributed by atoms with E-state index in [9.17, 15) is 23.1 Å². The van der Waals surface area contributed by atoms with E-state index in [2.05, 4.69) is 5.10 Å². The highest BCUT2D eigenvalue weighted by Gasteiger charge is 2.54. The minimum absolute atomic E-state index is 0.125. The molecule has 1 aliphatic rings. The lowest BCUT2D eigenvalue weighted by molar-refractivity contribution is -0.271. The highest BCUT2D eigenvalue weighted by atomic mass is 19.4. The molecule has 0 atom stereocenters. The first kappa shape index (κ1) is 13.9. The van der Waals surface area contributed by atoms with Crippen molar-refractivity contribution >= 4 is 5.91 Å². The second kappa shape index (κ2) is 4.52. The first-order valence-corrected chi connectivity index (χ1v) is 5.81. The third-order valence-corrected chi connectivity index (χ3v) is 3.45. The molecule has 106 valence electrons. The van der Waals surface area contributed by atoms with Gasteiger partial charge < -0.3 is 10.0 Å². The van der Waals surface area contributed by atoms with Crippen LogP contribution in [0.1, 0.15) is 23.3 Å². The Labute approximate surface area is 107 Å². The van der Waals surface area contributed by atoms with Crippen LogP contribution in [0.5, 0.6) is 0 Å². The minimum atomic E-state index is -4.66. The number of carbonyl (C=O) groups excluding carboxylic acids is 1. The van der Waals surface area contributed by atoms with Gasteiger partial charge in [0.05, 0.1) is 0 Å². The van der Waals surface area contributed by atoms with E-state index in [4.69, 9.17) is 0 Å². The Kier molecular flexibility index (Phi) is 3.29. The Morgan fingerprint density at radius 1 is 1.42 bits per heavy atom. The number of amides is 1. The second-order valence-corrected chi connectivity index (χ2v) is 4.66. The molecule has 2 heterocycles. The van der Waals surface area contributed by atoms with Gasteiger partial charge in [-0.25, -0.2) is 0 Å². The lowest BCUT2D eigenvalue weighted by Crippen LogP contribution is -2.54. The fraction of sp³-hybridized carbons (Fsp3) is 0.636. The van der Waals surface area contributed by atoms with Gasteiger partial charge in [-0.05, 0) is 6.07 Å². The normalized spacial score (nSPS) is 19.5. The molecule has 1 saturated heterocycles. The zero-order valence-corrected chi connectivity index (χ0v) is 10.3. The van der Waals surface area contributed by atoms with Gasteiger partial charge in [-0.15, -0.1) is 0 Å². The number of hydrogen-bond acceptors (Lipinski definition) is 3. The van der Waals surface area contributed by atoms with Crippen LogP contribution >= 0.6 is 0 Å². The van der Waals surface area contributed by atoms with Crippen LogP contribution in [0.3, 0.4) is 0 Å². The SMILES string of the molecule is Cn1nccc1C(=O)N1CCC(O)(C(F)(F)F)CC1. The van der Waals surface area contributed by atoms with Crippen molar-refractivity contribution in [2.24, 2.45) is 7.05 Å². The van der Waals surface area contributed by atoms with Crippen LogP contribution in [0.2, 0.25) is 0 Å². The molecule has 19 heavy (non-hydrogen) atoms. The maximum absolute atomic E-state index is 12.6. The van der Waals surface area contributed by atoms with E-state index in [1.807, 2.05) is 0 Å². The highest BCUT2D eigenvalue weighted by molar-refractivity contribution is 5.92. The smallest absolute Gasteiger partial charge is 0.380 e. The van der Waals surface area contributed by atoms with Crippen molar-refractivity contribution in [1.82, 2.24) is 14.7 Å². The van der Waals surface area contributed by atoms with Crippen LogP contribution in [0.4, 0.5) is 13.2 Å². The molecule has 1 aromatic heterocycles. The van der Waals surface area contributed by atoms with Crippen molar-refractivity contribution in [2.75, 3.05) is 13.1 Å². The van der Waals surface area contributed by atoms with Crippen molar-refractivity contribution in [2.45, 2.75) is 24.6 Å². The molecule has 0 bridgehead atoms. The zero-order valence-electron chi connectivity index (χ0n) is 10.3. The summed E-state index contributed by atoms with van der Waals surface area (Å²) in [6.45, 7) is -0.250. The van der Waals surface area contributed by atoms with Crippen molar-refractivity contribution in [3.8, 4) is 0 Å². The number of carbonyl (C=O) groups is 1. The predicted molar refractivity (Wildman–Crippen MR) is 59.4 cm³/mol. The van der Waals surface area contributed by atoms with Crippen LogP contribution in [0.15, 0.2) is 12.3 Å². The van der Waals surface area contributed by atoms with Gasteiger partial charge >= 0.3 is 6.18 Å². The summed E-state index contributed by atoms with van der Waals surface area (Å²) in [6, 6.07) is 1.51. The number of aryl methyl sites for hydroxylation is 1. The summed E-state index contributed by atoms with van der Waals surface area (Å²) in [5.74, 6) is -0.371. The molecule has 5 nitrogen and oxygen atoms in total. The highest BCUT2D eigenvalue weighted by Crippen LogP contribution is 2.38. The maximum atomic E-state index is 12.6. The molecule has 1 aromatic rings. The van der Waals surface area contributed by atoms with E-state index in [0.29, 0.717) is 5.69 Å². The molecule has 8 heteroatoms. The summed E-state index contributed by atoms with van der Waals surface area (Å²) >= 11 is 0. The summed E-state index contributed by atoms with van der Waals surface area (Å²) in [7, 11) is 1.59. The van der Waals surface area contributed by atoms with E-state index >= 15 is 0 Å². The van der Waals surface area contributed by atoms with Crippen molar-refractivity contribution in [3.63, 3.8) is 0 Å². The number of alkyl halides is 3. The summed E-state index contributed by atoms with van der Waals surface area (Å²) in [5.41, 5.74) is -2.37. The molecule has 0 aromatic carbocycles. The number of piperidine rings is 1. The zero-order chi connectivity index (χ0) is 14.3. The lowest BCUT2D eigenvalue weighted by atomic mass is 9.90. The number of halogens is 3. The third kappa shape index (κ3) is 2.44. The first-order chi connectivity index (χ1) is 8.74. The second-order valence-electron chi connectivity index (χ2n) is 4.66. The van der Waals surface area contributed by atoms with Crippen LogP contribution in [0.25, 0.3) is 0 Å². The summed E-state index contributed by atoms with van der Waals surface area (Å²) < 4.78 is 39.2. The van der Waals surface area contributed by atoms with Crippen molar-refractivity contribution < 1.29 is 23.1 Å². The topological polar surface area (TPSA) is 58.4 Å². The largest absolute Gasteiger partial charge is 0.417 e. The van der Waals surface area contributed by atoms with Crippen molar-refractivity contribution in [1.29, 1.82) is 0 Å². The summed E-state index contributed by atoms with van der Waals surface area (Å²) in [5, 5.41) is 13.4. The van der Waals surface area contributed by atoms with E-state index in [0.717, 1.165) is 0 Å². The Morgan fingerprint density at radius 2 is 2.00 bits per heavy atom. The fourth-order valence-electron chi connectivity index (χ4n) is 2.11. The van der Waals surface area contributed by atoms with Crippen LogP contribution < -0.4 is 0 Å². The maximum Gasteiger partial charge on any atom is 0.417 e. The molecular formula is C11H14F3N3O2. The van der Waals surface area contributed by atoms with Gasteiger partial charge in [-0.3, -0.25) is 9.48 Å². The average molecular weight is 277 g/mol. The quantitative estimate of drug-likeness (QED) is 0.831. The molecule has 1 amide bonds. The number of aliphatic hydroxyl groups is 1. The molecule has 1 N–H and O–H groups in total. The lowest BCUT2D eigenvalue weighted by Gasteiger charge is -2.39. The Hall–Kier alpha value is -1.57. The number of rotatable bonds is 1. The molecule has 0 saturated carbocycles. The Bertz CT molecular complexity index is 476. The van der Waals surface area contributed by atoms with E-state index in [-0.39, 0.29) is 19.0 Å². The number of aromatic nitrogens is 2. The molecule has 0 spiro atoms. The average Bonchev–Trinajstić information content (AvgIpc) is 2.74. The minimum Gasteiger partial charge on any atom is -0.380 e. The fourth-order valence-corrected chi connectivity index (χ4v) is 2.11. The van der Waals surface area contributed by atoms with E-state index < -0.39 is 24.6 Å². The van der Waals surface area contributed by atoms with Gasteiger partial charge in [0.25, 0.3) is 5.91 Å². The molecule has 1 aliphatic heterocycles. The number of likely N-dealkylation sites (tertiary alicyclic amines) is 1. The molecule has 1 fully saturated rings. The monoisotopic (exact) mass is 277 g/mol. The Balaban J connectivity index is 2.05. The molecule has 2 rings (SSSR count). The first-order valence-electron chi connectivity index (χ1n) is 5.81. The number of hydrogen-bond donors (Lipinski definition) is 1. The molecule has 0 radical (unpaired) electrons. The number of nitrogens with zero attached hydrogens (tertiary/aromatic N) is 3. The predicted octanol–water partition coefficient (Wildman–Crippen LogP) is 0.950. The van der Waals surface area contributed by atoms with Gasteiger partial charge in [0, 0.05) is 39.2 Å². The van der Waals surface area contributed by atoms with Gasteiger partial charge in [0.1, 0.15) is 5.69 Å². The van der Waals surface area contributed by atoms with Gasteiger partial charge in [0.2, 0.25) is 0 Å². The van der Waals surface area contributed by atoms with E-state index in [1.165, 1.54) is 21.8 Å².